The molecule has 1 aliphatic heterocycles. The van der Waals surface area contributed by atoms with Gasteiger partial charge < -0.3 is 14.6 Å². The standard InChI is InChI=1S/C19H23NO3/c1-22-18-8-7-16(12-20-10-9-17(21)13-20)11-19(18)23-14-15-5-3-2-4-6-15/h2-8,11,17,21H,9-10,12-14H2,1H3/t17-/m1/s1. The van der Waals surface area contributed by atoms with E-state index in [0.717, 1.165) is 43.1 Å². The SMILES string of the molecule is COc1ccc(CN2CC[C@@H](O)C2)cc1OCc1ccccc1. The fraction of sp³-hybridized carbons (Fsp3) is 0.368. The molecule has 0 aliphatic carbocycles. The van der Waals surface area contributed by atoms with E-state index in [1.165, 1.54) is 5.56 Å². The fourth-order valence-corrected chi connectivity index (χ4v) is 2.88. The summed E-state index contributed by atoms with van der Waals surface area (Å²) in [6.45, 7) is 3.02. The van der Waals surface area contributed by atoms with Crippen molar-refractivity contribution in [1.29, 1.82) is 0 Å². The van der Waals surface area contributed by atoms with Gasteiger partial charge in [0, 0.05) is 19.6 Å². The Labute approximate surface area is 137 Å². The Hall–Kier alpha value is -2.04. The van der Waals surface area contributed by atoms with Crippen LogP contribution in [0, 0.1) is 0 Å². The molecule has 23 heavy (non-hydrogen) atoms. The summed E-state index contributed by atoms with van der Waals surface area (Å²) in [4.78, 5) is 2.26. The fourth-order valence-electron chi connectivity index (χ4n) is 2.88. The Morgan fingerprint density at radius 1 is 1.09 bits per heavy atom. The van der Waals surface area contributed by atoms with Crippen molar-refractivity contribution in [3.8, 4) is 11.5 Å². The third-order valence-corrected chi connectivity index (χ3v) is 4.12. The molecule has 2 aromatic carbocycles. The van der Waals surface area contributed by atoms with Gasteiger partial charge in [0.2, 0.25) is 0 Å². The molecular weight excluding hydrogens is 290 g/mol. The lowest BCUT2D eigenvalue weighted by Crippen LogP contribution is -2.21. The first-order valence-electron chi connectivity index (χ1n) is 7.98. The molecule has 1 fully saturated rings. The van der Waals surface area contributed by atoms with Crippen LogP contribution in [0.2, 0.25) is 0 Å². The van der Waals surface area contributed by atoms with Crippen LogP contribution in [0.1, 0.15) is 17.5 Å². The molecular formula is C19H23NO3. The van der Waals surface area contributed by atoms with Gasteiger partial charge >= 0.3 is 0 Å². The van der Waals surface area contributed by atoms with E-state index in [1.54, 1.807) is 7.11 Å². The Bertz CT molecular complexity index is 630. The van der Waals surface area contributed by atoms with E-state index in [4.69, 9.17) is 9.47 Å². The summed E-state index contributed by atoms with van der Waals surface area (Å²) in [6, 6.07) is 16.1. The van der Waals surface area contributed by atoms with Crippen molar-refractivity contribution < 1.29 is 14.6 Å². The second-order valence-corrected chi connectivity index (χ2v) is 5.94. The van der Waals surface area contributed by atoms with Crippen LogP contribution in [-0.2, 0) is 13.2 Å². The Morgan fingerprint density at radius 2 is 1.91 bits per heavy atom. The van der Waals surface area contributed by atoms with Gasteiger partial charge in [-0.3, -0.25) is 4.90 Å². The molecule has 1 N–H and O–H groups in total. The summed E-state index contributed by atoms with van der Waals surface area (Å²) >= 11 is 0. The van der Waals surface area contributed by atoms with Crippen molar-refractivity contribution in [3.63, 3.8) is 0 Å². The highest BCUT2D eigenvalue weighted by molar-refractivity contribution is 5.43. The van der Waals surface area contributed by atoms with Crippen LogP contribution < -0.4 is 9.47 Å². The second-order valence-electron chi connectivity index (χ2n) is 5.94. The molecule has 0 saturated carbocycles. The first-order valence-corrected chi connectivity index (χ1v) is 7.98. The van der Waals surface area contributed by atoms with Crippen LogP contribution >= 0.6 is 0 Å². The highest BCUT2D eigenvalue weighted by atomic mass is 16.5. The molecule has 1 heterocycles. The largest absolute Gasteiger partial charge is 0.493 e. The van der Waals surface area contributed by atoms with Crippen LogP contribution in [0.5, 0.6) is 11.5 Å². The summed E-state index contributed by atoms with van der Waals surface area (Å²) in [5.41, 5.74) is 2.30. The van der Waals surface area contributed by atoms with Crippen molar-refractivity contribution >= 4 is 0 Å². The molecule has 1 aliphatic rings. The predicted octanol–water partition coefficient (Wildman–Crippen LogP) is 2.84. The van der Waals surface area contributed by atoms with E-state index in [1.807, 2.05) is 42.5 Å². The minimum absolute atomic E-state index is 0.193. The molecule has 3 rings (SSSR count). The lowest BCUT2D eigenvalue weighted by atomic mass is 10.2. The van der Waals surface area contributed by atoms with E-state index >= 15 is 0 Å². The third-order valence-electron chi connectivity index (χ3n) is 4.12. The maximum Gasteiger partial charge on any atom is 0.161 e. The zero-order valence-corrected chi connectivity index (χ0v) is 13.4. The predicted molar refractivity (Wildman–Crippen MR) is 89.7 cm³/mol. The van der Waals surface area contributed by atoms with E-state index in [9.17, 15) is 5.11 Å². The van der Waals surface area contributed by atoms with E-state index < -0.39 is 0 Å². The molecule has 122 valence electrons. The normalized spacial score (nSPS) is 18.1. The monoisotopic (exact) mass is 313 g/mol. The molecule has 0 spiro atoms. The van der Waals surface area contributed by atoms with Gasteiger partial charge in [0.1, 0.15) is 6.61 Å². The smallest absolute Gasteiger partial charge is 0.161 e. The van der Waals surface area contributed by atoms with Crippen LogP contribution in [0.3, 0.4) is 0 Å². The number of likely N-dealkylation sites (tertiary alicyclic amines) is 1. The van der Waals surface area contributed by atoms with Gasteiger partial charge in [-0.25, -0.2) is 0 Å². The van der Waals surface area contributed by atoms with E-state index in [2.05, 4.69) is 11.0 Å². The molecule has 1 saturated heterocycles. The minimum Gasteiger partial charge on any atom is -0.493 e. The lowest BCUT2D eigenvalue weighted by molar-refractivity contribution is 0.174. The summed E-state index contributed by atoms with van der Waals surface area (Å²) in [7, 11) is 1.65. The van der Waals surface area contributed by atoms with Crippen molar-refractivity contribution in [1.82, 2.24) is 4.90 Å². The number of β-amino-alcohol motifs (C(OH)–C–C–N with tert-alkyl or cyclic N) is 1. The molecule has 0 aromatic heterocycles. The average Bonchev–Trinajstić information content (AvgIpc) is 2.99. The van der Waals surface area contributed by atoms with Crippen LogP contribution in [0.4, 0.5) is 0 Å². The third kappa shape index (κ3) is 4.24. The molecule has 4 nitrogen and oxygen atoms in total. The highest BCUT2D eigenvalue weighted by Crippen LogP contribution is 2.29. The zero-order valence-electron chi connectivity index (χ0n) is 13.4. The lowest BCUT2D eigenvalue weighted by Gasteiger charge is -2.17. The number of rotatable bonds is 6. The maximum atomic E-state index is 9.64. The van der Waals surface area contributed by atoms with Crippen molar-refractivity contribution in [2.24, 2.45) is 0 Å². The molecule has 0 amide bonds. The Kier molecular flexibility index (Phi) is 5.16. The van der Waals surface area contributed by atoms with Gasteiger partial charge in [0.05, 0.1) is 13.2 Å². The first kappa shape index (κ1) is 15.8. The number of ether oxygens (including phenoxy) is 2. The average molecular weight is 313 g/mol. The molecule has 0 bridgehead atoms. The number of methoxy groups -OCH3 is 1. The number of nitrogens with zero attached hydrogens (tertiary/aromatic N) is 1. The number of hydrogen-bond donors (Lipinski definition) is 1. The highest BCUT2D eigenvalue weighted by Gasteiger charge is 2.20. The molecule has 2 aromatic rings. The van der Waals surface area contributed by atoms with Gasteiger partial charge in [-0.15, -0.1) is 0 Å². The number of hydrogen-bond acceptors (Lipinski definition) is 4. The van der Waals surface area contributed by atoms with Crippen LogP contribution in [0.25, 0.3) is 0 Å². The summed E-state index contributed by atoms with van der Waals surface area (Å²) < 4.78 is 11.3. The van der Waals surface area contributed by atoms with Crippen molar-refractivity contribution in [2.75, 3.05) is 20.2 Å². The second kappa shape index (κ2) is 7.49. The van der Waals surface area contributed by atoms with E-state index in [0.29, 0.717) is 6.61 Å². The van der Waals surface area contributed by atoms with Crippen molar-refractivity contribution in [3.05, 3.63) is 59.7 Å². The zero-order chi connectivity index (χ0) is 16.1. The number of aliphatic hydroxyl groups is 1. The molecule has 1 atom stereocenters. The topological polar surface area (TPSA) is 41.9 Å². The maximum absolute atomic E-state index is 9.64. The summed E-state index contributed by atoms with van der Waals surface area (Å²) in [6.07, 6.45) is 0.662. The van der Waals surface area contributed by atoms with E-state index in [-0.39, 0.29) is 6.10 Å². The number of benzene rings is 2. The quantitative estimate of drug-likeness (QED) is 0.890. The molecule has 4 heteroatoms. The Balaban J connectivity index is 1.68. The minimum atomic E-state index is -0.193. The van der Waals surface area contributed by atoms with Gasteiger partial charge in [-0.2, -0.15) is 0 Å². The summed E-state index contributed by atoms with van der Waals surface area (Å²) in [5, 5.41) is 9.64. The summed E-state index contributed by atoms with van der Waals surface area (Å²) in [5.74, 6) is 1.50. The van der Waals surface area contributed by atoms with Crippen molar-refractivity contribution in [2.45, 2.75) is 25.7 Å². The van der Waals surface area contributed by atoms with Crippen LogP contribution in [-0.4, -0.2) is 36.3 Å². The Morgan fingerprint density at radius 3 is 2.61 bits per heavy atom. The van der Waals surface area contributed by atoms with Gasteiger partial charge in [0.25, 0.3) is 0 Å². The number of aliphatic hydroxyl groups excluding tert-OH is 1. The van der Waals surface area contributed by atoms with Gasteiger partial charge in [0.15, 0.2) is 11.5 Å². The van der Waals surface area contributed by atoms with Gasteiger partial charge in [-0.1, -0.05) is 36.4 Å². The molecule has 0 unspecified atom stereocenters. The first-order chi connectivity index (χ1) is 11.2. The van der Waals surface area contributed by atoms with Crippen LogP contribution in [0.15, 0.2) is 48.5 Å². The molecule has 0 radical (unpaired) electrons. The van der Waals surface area contributed by atoms with Gasteiger partial charge in [-0.05, 0) is 29.7 Å².